The highest BCUT2D eigenvalue weighted by Gasteiger charge is 2.28. The topological polar surface area (TPSA) is 15.3 Å². The van der Waals surface area contributed by atoms with Gasteiger partial charge in [0.05, 0.1) is 0 Å². The summed E-state index contributed by atoms with van der Waals surface area (Å²) in [4.78, 5) is 2.58. The number of benzene rings is 1. The average Bonchev–Trinajstić information content (AvgIpc) is 2.76. The molecule has 1 N–H and O–H groups in total. The molecule has 112 valence electrons. The first kappa shape index (κ1) is 15.5. The minimum Gasteiger partial charge on any atom is -0.316 e. The molecule has 2 rings (SSSR count). The van der Waals surface area contributed by atoms with Crippen molar-refractivity contribution in [3.05, 3.63) is 35.4 Å². The van der Waals surface area contributed by atoms with Crippen LogP contribution in [0.5, 0.6) is 0 Å². The first-order valence-electron chi connectivity index (χ1n) is 8.02. The van der Waals surface area contributed by atoms with Crippen LogP contribution in [0.1, 0.15) is 51.2 Å². The smallest absolute Gasteiger partial charge is 0.0233 e. The molecule has 0 saturated carbocycles. The maximum absolute atomic E-state index is 3.42. The first-order valence-corrected chi connectivity index (χ1v) is 8.02. The molecule has 0 aromatic heterocycles. The number of likely N-dealkylation sites (N-methyl/N-ethyl adjacent to an activating group) is 1. The Balaban J connectivity index is 1.88. The lowest BCUT2D eigenvalue weighted by atomic mass is 9.93. The molecule has 1 atom stereocenters. The molecule has 1 saturated heterocycles. The fraction of sp³-hybridized carbons (Fsp3) is 0.667. The normalized spacial score (nSPS) is 20.2. The third-order valence-corrected chi connectivity index (χ3v) is 4.41. The van der Waals surface area contributed by atoms with Crippen molar-refractivity contribution in [3.8, 4) is 0 Å². The van der Waals surface area contributed by atoms with Gasteiger partial charge in [0.15, 0.2) is 0 Å². The third-order valence-electron chi connectivity index (χ3n) is 4.41. The minimum atomic E-state index is 0.500. The average molecular weight is 274 g/mol. The number of likely N-dealkylation sites (tertiary alicyclic amines) is 1. The van der Waals surface area contributed by atoms with Gasteiger partial charge in [0.2, 0.25) is 0 Å². The molecule has 0 bridgehead atoms. The molecule has 20 heavy (non-hydrogen) atoms. The van der Waals surface area contributed by atoms with E-state index >= 15 is 0 Å². The van der Waals surface area contributed by atoms with Gasteiger partial charge in [-0.2, -0.15) is 0 Å². The molecule has 0 radical (unpaired) electrons. The summed E-state index contributed by atoms with van der Waals surface area (Å²) in [7, 11) is 0. The zero-order valence-electron chi connectivity index (χ0n) is 13.6. The van der Waals surface area contributed by atoms with Crippen molar-refractivity contribution in [3.63, 3.8) is 0 Å². The first-order chi connectivity index (χ1) is 9.50. The second-order valence-electron chi connectivity index (χ2n) is 7.08. The highest BCUT2D eigenvalue weighted by atomic mass is 15.1. The van der Waals surface area contributed by atoms with Crippen LogP contribution in [0.15, 0.2) is 24.3 Å². The Bertz CT molecular complexity index is 408. The second kappa shape index (κ2) is 6.73. The Morgan fingerprint density at radius 1 is 1.25 bits per heavy atom. The molecule has 0 amide bonds. The monoisotopic (exact) mass is 274 g/mol. The van der Waals surface area contributed by atoms with E-state index in [2.05, 4.69) is 62.2 Å². The molecule has 1 aliphatic rings. The van der Waals surface area contributed by atoms with Crippen LogP contribution >= 0.6 is 0 Å². The van der Waals surface area contributed by atoms with Gasteiger partial charge in [0.25, 0.3) is 0 Å². The molecule has 0 spiro atoms. The lowest BCUT2D eigenvalue weighted by Gasteiger charge is -2.20. The fourth-order valence-corrected chi connectivity index (χ4v) is 3.05. The Morgan fingerprint density at radius 2 is 1.95 bits per heavy atom. The van der Waals surface area contributed by atoms with Crippen LogP contribution in [0.2, 0.25) is 0 Å². The van der Waals surface area contributed by atoms with Crippen LogP contribution in [0, 0.1) is 5.41 Å². The molecule has 2 nitrogen and oxygen atoms in total. The van der Waals surface area contributed by atoms with Crippen LogP contribution < -0.4 is 5.32 Å². The highest BCUT2D eigenvalue weighted by molar-refractivity contribution is 5.25. The summed E-state index contributed by atoms with van der Waals surface area (Å²) in [6, 6.07) is 9.23. The molecule has 0 aliphatic carbocycles. The van der Waals surface area contributed by atoms with Crippen LogP contribution in [0.4, 0.5) is 0 Å². The summed E-state index contributed by atoms with van der Waals surface area (Å²) in [5.41, 5.74) is 3.39. The van der Waals surface area contributed by atoms with E-state index in [1.165, 1.54) is 30.6 Å². The summed E-state index contributed by atoms with van der Waals surface area (Å²) in [6.07, 6.45) is 1.32. The van der Waals surface area contributed by atoms with Gasteiger partial charge in [-0.1, -0.05) is 52.0 Å². The van der Waals surface area contributed by atoms with E-state index in [1.807, 2.05) is 0 Å². The van der Waals surface area contributed by atoms with Gasteiger partial charge in [-0.25, -0.2) is 0 Å². The predicted molar refractivity (Wildman–Crippen MR) is 87.1 cm³/mol. The summed E-state index contributed by atoms with van der Waals surface area (Å²) >= 11 is 0. The van der Waals surface area contributed by atoms with Crippen molar-refractivity contribution in [2.24, 2.45) is 5.41 Å². The lowest BCUT2D eigenvalue weighted by Crippen LogP contribution is -2.23. The maximum Gasteiger partial charge on any atom is 0.0233 e. The van der Waals surface area contributed by atoms with E-state index in [9.17, 15) is 0 Å². The molecular formula is C18H30N2. The van der Waals surface area contributed by atoms with Gasteiger partial charge in [0, 0.05) is 19.6 Å². The van der Waals surface area contributed by atoms with Gasteiger partial charge in [0.1, 0.15) is 0 Å². The van der Waals surface area contributed by atoms with E-state index in [0.29, 0.717) is 11.3 Å². The predicted octanol–water partition coefficient (Wildman–Crippen LogP) is 3.63. The number of nitrogens with one attached hydrogen (secondary N) is 1. The maximum atomic E-state index is 3.42. The highest BCUT2D eigenvalue weighted by Crippen LogP contribution is 2.29. The Kier molecular flexibility index (Phi) is 5.22. The molecule has 1 aromatic rings. The fourth-order valence-electron chi connectivity index (χ4n) is 3.05. The lowest BCUT2D eigenvalue weighted by molar-refractivity contribution is 0.284. The van der Waals surface area contributed by atoms with Crippen molar-refractivity contribution in [1.82, 2.24) is 10.2 Å². The Hall–Kier alpha value is -0.860. The summed E-state index contributed by atoms with van der Waals surface area (Å²) in [5.74, 6) is 0.592. The van der Waals surface area contributed by atoms with Crippen LogP contribution in [0.25, 0.3) is 0 Å². The van der Waals surface area contributed by atoms with Gasteiger partial charge < -0.3 is 5.32 Å². The number of nitrogens with zero attached hydrogens (tertiary/aromatic N) is 1. The molecular weight excluding hydrogens is 244 g/mol. The molecule has 1 fully saturated rings. The Morgan fingerprint density at radius 3 is 2.50 bits per heavy atom. The van der Waals surface area contributed by atoms with Gasteiger partial charge in [-0.15, -0.1) is 0 Å². The number of hydrogen-bond donors (Lipinski definition) is 1. The summed E-state index contributed by atoms with van der Waals surface area (Å²) < 4.78 is 0. The zero-order valence-corrected chi connectivity index (χ0v) is 13.6. The van der Waals surface area contributed by atoms with E-state index < -0.39 is 0 Å². The summed E-state index contributed by atoms with van der Waals surface area (Å²) in [5, 5.41) is 3.42. The molecule has 1 unspecified atom stereocenters. The van der Waals surface area contributed by atoms with E-state index in [0.717, 1.165) is 19.6 Å². The van der Waals surface area contributed by atoms with Gasteiger partial charge >= 0.3 is 0 Å². The third kappa shape index (κ3) is 4.32. The quantitative estimate of drug-likeness (QED) is 0.852. The zero-order chi connectivity index (χ0) is 14.6. The largest absolute Gasteiger partial charge is 0.316 e. The molecule has 1 aliphatic heterocycles. The van der Waals surface area contributed by atoms with Crippen LogP contribution in [-0.4, -0.2) is 31.1 Å². The van der Waals surface area contributed by atoms with Crippen molar-refractivity contribution >= 4 is 0 Å². The second-order valence-corrected chi connectivity index (χ2v) is 7.08. The van der Waals surface area contributed by atoms with Crippen LogP contribution in [-0.2, 0) is 6.54 Å². The van der Waals surface area contributed by atoms with Crippen molar-refractivity contribution in [2.45, 2.75) is 46.6 Å². The Labute approximate surface area is 124 Å². The van der Waals surface area contributed by atoms with Gasteiger partial charge in [-0.05, 0) is 42.0 Å². The summed E-state index contributed by atoms with van der Waals surface area (Å²) in [6.45, 7) is 14.9. The molecule has 2 heteroatoms. The SMILES string of the molecule is CCNCC(C)c1ccc(CN2CCC(C)(C)C2)cc1. The number of hydrogen-bond acceptors (Lipinski definition) is 2. The number of rotatable bonds is 6. The van der Waals surface area contributed by atoms with E-state index in [1.54, 1.807) is 0 Å². The minimum absolute atomic E-state index is 0.500. The van der Waals surface area contributed by atoms with Crippen molar-refractivity contribution in [2.75, 3.05) is 26.2 Å². The van der Waals surface area contributed by atoms with Gasteiger partial charge in [-0.3, -0.25) is 4.90 Å². The molecule has 1 heterocycles. The standard InChI is InChI=1S/C18H30N2/c1-5-19-12-15(2)17-8-6-16(7-9-17)13-20-11-10-18(3,4)14-20/h6-9,15,19H,5,10-14H2,1-4H3. The molecule has 1 aromatic carbocycles. The van der Waals surface area contributed by atoms with Crippen LogP contribution in [0.3, 0.4) is 0 Å². The van der Waals surface area contributed by atoms with Crippen molar-refractivity contribution in [1.29, 1.82) is 0 Å². The van der Waals surface area contributed by atoms with E-state index in [4.69, 9.17) is 0 Å². The van der Waals surface area contributed by atoms with E-state index in [-0.39, 0.29) is 0 Å². The van der Waals surface area contributed by atoms with Crippen molar-refractivity contribution < 1.29 is 0 Å².